The summed E-state index contributed by atoms with van der Waals surface area (Å²) < 4.78 is 0. The van der Waals surface area contributed by atoms with E-state index in [4.69, 9.17) is 0 Å². The monoisotopic (exact) mass is 222 g/mol. The van der Waals surface area contributed by atoms with Crippen molar-refractivity contribution < 1.29 is 0 Å². The molecule has 0 saturated heterocycles. The van der Waals surface area contributed by atoms with E-state index in [-0.39, 0.29) is 0 Å². The molecule has 2 rings (SSSR count). The first kappa shape index (κ1) is 12.5. The fourth-order valence-corrected chi connectivity index (χ4v) is 4.36. The highest BCUT2D eigenvalue weighted by molar-refractivity contribution is 4.97. The minimum absolute atomic E-state index is 0.654. The van der Waals surface area contributed by atoms with Crippen LogP contribution in [0, 0.1) is 29.1 Å². The van der Waals surface area contributed by atoms with Gasteiger partial charge in [0.2, 0.25) is 0 Å². The van der Waals surface area contributed by atoms with E-state index in [0.717, 1.165) is 23.7 Å². The Hall–Kier alpha value is 0. The summed E-state index contributed by atoms with van der Waals surface area (Å²) >= 11 is 0. The van der Waals surface area contributed by atoms with Crippen LogP contribution in [-0.4, -0.2) is 0 Å². The van der Waals surface area contributed by atoms with Gasteiger partial charge in [0.1, 0.15) is 0 Å². The van der Waals surface area contributed by atoms with Crippen molar-refractivity contribution in [2.75, 3.05) is 0 Å². The summed E-state index contributed by atoms with van der Waals surface area (Å²) in [6.45, 7) is 9.96. The zero-order valence-electron chi connectivity index (χ0n) is 11.8. The average molecular weight is 222 g/mol. The topological polar surface area (TPSA) is 0 Å². The second kappa shape index (κ2) is 4.70. The second-order valence-electron chi connectivity index (χ2n) is 7.41. The van der Waals surface area contributed by atoms with E-state index in [1.807, 2.05) is 0 Å². The average Bonchev–Trinajstić information content (AvgIpc) is 2.20. The highest BCUT2D eigenvalue weighted by Gasteiger charge is 2.48. The minimum Gasteiger partial charge on any atom is -0.0625 e. The molecule has 0 aliphatic heterocycles. The molecular weight excluding hydrogens is 192 g/mol. The van der Waals surface area contributed by atoms with Gasteiger partial charge < -0.3 is 0 Å². The fourth-order valence-electron chi connectivity index (χ4n) is 4.36. The van der Waals surface area contributed by atoms with Crippen LogP contribution in [0.5, 0.6) is 0 Å². The van der Waals surface area contributed by atoms with Gasteiger partial charge in [-0.1, -0.05) is 59.8 Å². The van der Waals surface area contributed by atoms with Gasteiger partial charge in [0.25, 0.3) is 0 Å². The molecule has 0 spiro atoms. The SMILES string of the molecule is CC1CCCC(C)C2CC(C)(C)C2CCC1. The standard InChI is InChI=1S/C16H30/c1-12-7-5-9-13(2)14-11-16(3,4)15(14)10-6-8-12/h12-15H,5-11H2,1-4H3. The first-order chi connectivity index (χ1) is 7.50. The third-order valence-corrected chi connectivity index (χ3v) is 5.58. The first-order valence-corrected chi connectivity index (χ1v) is 7.50. The Morgan fingerprint density at radius 2 is 1.50 bits per heavy atom. The Balaban J connectivity index is 1.98. The number of fused-ring (bicyclic) bond motifs is 1. The van der Waals surface area contributed by atoms with Crippen molar-refractivity contribution in [1.82, 2.24) is 0 Å². The van der Waals surface area contributed by atoms with Crippen molar-refractivity contribution in [2.45, 2.75) is 72.6 Å². The molecule has 0 nitrogen and oxygen atoms in total. The summed E-state index contributed by atoms with van der Waals surface area (Å²) in [5, 5.41) is 0. The van der Waals surface area contributed by atoms with Gasteiger partial charge in [-0.2, -0.15) is 0 Å². The zero-order chi connectivity index (χ0) is 11.8. The van der Waals surface area contributed by atoms with Gasteiger partial charge in [0.05, 0.1) is 0 Å². The van der Waals surface area contributed by atoms with Crippen LogP contribution in [0.15, 0.2) is 0 Å². The molecule has 0 amide bonds. The maximum absolute atomic E-state index is 2.51. The van der Waals surface area contributed by atoms with Crippen LogP contribution in [0.2, 0.25) is 0 Å². The van der Waals surface area contributed by atoms with Gasteiger partial charge in [-0.25, -0.2) is 0 Å². The molecule has 0 aromatic heterocycles. The second-order valence-corrected chi connectivity index (χ2v) is 7.41. The van der Waals surface area contributed by atoms with Crippen LogP contribution >= 0.6 is 0 Å². The molecule has 2 aliphatic rings. The molecule has 4 unspecified atom stereocenters. The quantitative estimate of drug-likeness (QED) is 0.523. The Bertz CT molecular complexity index is 228. The molecule has 2 aliphatic carbocycles. The van der Waals surface area contributed by atoms with Crippen molar-refractivity contribution in [2.24, 2.45) is 29.1 Å². The third kappa shape index (κ3) is 2.46. The van der Waals surface area contributed by atoms with E-state index < -0.39 is 0 Å². The Morgan fingerprint density at radius 1 is 0.875 bits per heavy atom. The van der Waals surface area contributed by atoms with E-state index in [9.17, 15) is 0 Å². The maximum atomic E-state index is 2.51. The summed E-state index contributed by atoms with van der Waals surface area (Å²) in [7, 11) is 0. The summed E-state index contributed by atoms with van der Waals surface area (Å²) in [6.07, 6.45) is 10.4. The number of rotatable bonds is 0. The van der Waals surface area contributed by atoms with Crippen molar-refractivity contribution in [3.63, 3.8) is 0 Å². The van der Waals surface area contributed by atoms with E-state index in [2.05, 4.69) is 27.7 Å². The van der Waals surface area contributed by atoms with Crippen LogP contribution in [0.4, 0.5) is 0 Å². The molecule has 2 fully saturated rings. The lowest BCUT2D eigenvalue weighted by molar-refractivity contribution is -0.0534. The smallest absolute Gasteiger partial charge is 0.0320 e. The summed E-state index contributed by atoms with van der Waals surface area (Å²) in [4.78, 5) is 0. The van der Waals surface area contributed by atoms with Crippen molar-refractivity contribution in [1.29, 1.82) is 0 Å². The Morgan fingerprint density at radius 3 is 2.12 bits per heavy atom. The lowest BCUT2D eigenvalue weighted by Crippen LogP contribution is -2.46. The molecule has 0 N–H and O–H groups in total. The molecular formula is C16H30. The third-order valence-electron chi connectivity index (χ3n) is 5.58. The number of hydrogen-bond acceptors (Lipinski definition) is 0. The van der Waals surface area contributed by atoms with Gasteiger partial charge in [-0.05, 0) is 41.9 Å². The van der Waals surface area contributed by atoms with Gasteiger partial charge >= 0.3 is 0 Å². The first-order valence-electron chi connectivity index (χ1n) is 7.50. The van der Waals surface area contributed by atoms with E-state index >= 15 is 0 Å². The molecule has 0 aromatic rings. The zero-order valence-corrected chi connectivity index (χ0v) is 11.8. The molecule has 0 heteroatoms. The molecule has 94 valence electrons. The minimum atomic E-state index is 0.654. The largest absolute Gasteiger partial charge is 0.0625 e. The lowest BCUT2D eigenvalue weighted by atomic mass is 9.50. The molecule has 16 heavy (non-hydrogen) atoms. The molecule has 0 radical (unpaired) electrons. The summed E-state index contributed by atoms with van der Waals surface area (Å²) in [5.41, 5.74) is 0.654. The lowest BCUT2D eigenvalue weighted by Gasteiger charge is -2.55. The van der Waals surface area contributed by atoms with Crippen LogP contribution in [0.25, 0.3) is 0 Å². The normalized spacial score (nSPS) is 44.2. The van der Waals surface area contributed by atoms with E-state index in [1.165, 1.54) is 44.9 Å². The van der Waals surface area contributed by atoms with Crippen LogP contribution < -0.4 is 0 Å². The van der Waals surface area contributed by atoms with Gasteiger partial charge in [-0.15, -0.1) is 0 Å². The molecule has 0 heterocycles. The molecule has 2 saturated carbocycles. The highest BCUT2D eigenvalue weighted by Crippen LogP contribution is 2.56. The summed E-state index contributed by atoms with van der Waals surface area (Å²) in [5.74, 6) is 4.06. The van der Waals surface area contributed by atoms with Crippen molar-refractivity contribution >= 4 is 0 Å². The van der Waals surface area contributed by atoms with E-state index in [1.54, 1.807) is 0 Å². The molecule has 4 atom stereocenters. The van der Waals surface area contributed by atoms with Crippen molar-refractivity contribution in [3.05, 3.63) is 0 Å². The fraction of sp³-hybridized carbons (Fsp3) is 1.00. The van der Waals surface area contributed by atoms with Crippen molar-refractivity contribution in [3.8, 4) is 0 Å². The highest BCUT2D eigenvalue weighted by atomic mass is 14.5. The Kier molecular flexibility index (Phi) is 3.66. The van der Waals surface area contributed by atoms with Crippen LogP contribution in [-0.2, 0) is 0 Å². The number of hydrogen-bond donors (Lipinski definition) is 0. The van der Waals surface area contributed by atoms with Crippen LogP contribution in [0.1, 0.15) is 72.6 Å². The van der Waals surface area contributed by atoms with Gasteiger partial charge in [0, 0.05) is 0 Å². The Labute approximate surface area is 102 Å². The molecule has 0 aromatic carbocycles. The predicted molar refractivity (Wildman–Crippen MR) is 71.4 cm³/mol. The summed E-state index contributed by atoms with van der Waals surface area (Å²) in [6, 6.07) is 0. The maximum Gasteiger partial charge on any atom is -0.0320 e. The molecule has 0 bridgehead atoms. The van der Waals surface area contributed by atoms with Crippen LogP contribution in [0.3, 0.4) is 0 Å². The van der Waals surface area contributed by atoms with E-state index in [0.29, 0.717) is 5.41 Å². The van der Waals surface area contributed by atoms with Gasteiger partial charge in [-0.3, -0.25) is 0 Å². The predicted octanol–water partition coefficient (Wildman–Crippen LogP) is 5.28. The van der Waals surface area contributed by atoms with Gasteiger partial charge in [0.15, 0.2) is 0 Å².